The third-order valence-electron chi connectivity index (χ3n) is 4.84. The quantitative estimate of drug-likeness (QED) is 0.784. The molecule has 1 heterocycles. The molecular weight excluding hydrogens is 381 g/mol. The van der Waals surface area contributed by atoms with E-state index in [0.29, 0.717) is 23.2 Å². The molecule has 4 nitrogen and oxygen atoms in total. The maximum Gasteiger partial charge on any atom is 0.416 e. The first kappa shape index (κ1) is 20.9. The van der Waals surface area contributed by atoms with Crippen LogP contribution in [0.2, 0.25) is 0 Å². The molecular formula is C22H23F3N2O2. The maximum atomic E-state index is 12.9. The Bertz CT molecular complexity index is 909. The van der Waals surface area contributed by atoms with E-state index in [1.165, 1.54) is 6.07 Å². The van der Waals surface area contributed by atoms with E-state index < -0.39 is 17.8 Å². The molecule has 29 heavy (non-hydrogen) atoms. The normalized spacial score (nSPS) is 16.3. The molecule has 0 saturated heterocycles. The molecule has 0 aromatic heterocycles. The van der Waals surface area contributed by atoms with Crippen LogP contribution in [0.5, 0.6) is 0 Å². The van der Waals surface area contributed by atoms with Crippen molar-refractivity contribution in [3.8, 4) is 0 Å². The lowest BCUT2D eigenvalue weighted by molar-refractivity contribution is -0.137. The number of nitrogens with zero attached hydrogens (tertiary/aromatic N) is 1. The summed E-state index contributed by atoms with van der Waals surface area (Å²) in [6.45, 7) is 4.57. The van der Waals surface area contributed by atoms with Gasteiger partial charge in [-0.2, -0.15) is 13.2 Å². The molecule has 0 spiro atoms. The number of carbonyl (C=O) groups excluding carboxylic acids is 2. The van der Waals surface area contributed by atoms with E-state index in [2.05, 4.69) is 5.32 Å². The van der Waals surface area contributed by atoms with Crippen molar-refractivity contribution < 1.29 is 22.8 Å². The molecule has 2 aromatic rings. The predicted molar refractivity (Wildman–Crippen MR) is 103 cm³/mol. The van der Waals surface area contributed by atoms with Gasteiger partial charge in [-0.25, -0.2) is 0 Å². The van der Waals surface area contributed by atoms with Crippen molar-refractivity contribution in [3.05, 3.63) is 70.8 Å². The number of hydrogen-bond acceptors (Lipinski definition) is 2. The van der Waals surface area contributed by atoms with Gasteiger partial charge in [0.1, 0.15) is 6.04 Å². The third kappa shape index (κ3) is 4.60. The first-order valence-corrected chi connectivity index (χ1v) is 9.52. The van der Waals surface area contributed by atoms with E-state index >= 15 is 0 Å². The van der Waals surface area contributed by atoms with Crippen molar-refractivity contribution in [2.24, 2.45) is 5.92 Å². The van der Waals surface area contributed by atoms with E-state index in [0.717, 1.165) is 12.1 Å². The molecule has 1 atom stereocenters. The van der Waals surface area contributed by atoms with Gasteiger partial charge in [0, 0.05) is 18.7 Å². The first-order valence-electron chi connectivity index (χ1n) is 9.52. The second kappa shape index (κ2) is 8.27. The summed E-state index contributed by atoms with van der Waals surface area (Å²) in [5.74, 6) is -0.308. The van der Waals surface area contributed by atoms with Crippen molar-refractivity contribution in [2.75, 3.05) is 13.1 Å². The Labute approximate surface area is 167 Å². The summed E-state index contributed by atoms with van der Waals surface area (Å²) >= 11 is 0. The van der Waals surface area contributed by atoms with Gasteiger partial charge >= 0.3 is 6.18 Å². The zero-order valence-electron chi connectivity index (χ0n) is 16.3. The van der Waals surface area contributed by atoms with Crippen LogP contribution in [0.3, 0.4) is 0 Å². The molecule has 3 rings (SSSR count). The van der Waals surface area contributed by atoms with Crippen LogP contribution in [-0.2, 0) is 17.4 Å². The molecule has 7 heteroatoms. The van der Waals surface area contributed by atoms with Crippen molar-refractivity contribution in [3.63, 3.8) is 0 Å². The number of carbonyl (C=O) groups is 2. The topological polar surface area (TPSA) is 49.4 Å². The highest BCUT2D eigenvalue weighted by Gasteiger charge is 2.40. The van der Waals surface area contributed by atoms with Crippen LogP contribution in [0.15, 0.2) is 48.5 Å². The van der Waals surface area contributed by atoms with Gasteiger partial charge in [-0.05, 0) is 35.6 Å². The second-order valence-corrected chi connectivity index (χ2v) is 7.58. The van der Waals surface area contributed by atoms with Gasteiger partial charge in [-0.15, -0.1) is 0 Å². The van der Waals surface area contributed by atoms with Crippen LogP contribution in [-0.4, -0.2) is 29.8 Å². The van der Waals surface area contributed by atoms with Gasteiger partial charge in [-0.3, -0.25) is 9.59 Å². The molecule has 0 radical (unpaired) electrons. The van der Waals surface area contributed by atoms with Crippen LogP contribution in [0, 0.1) is 5.92 Å². The minimum atomic E-state index is -4.40. The van der Waals surface area contributed by atoms with E-state index in [1.54, 1.807) is 35.2 Å². The fraction of sp³-hybridized carbons (Fsp3) is 0.364. The average Bonchev–Trinajstić information content (AvgIpc) is 2.93. The minimum absolute atomic E-state index is 0.174. The van der Waals surface area contributed by atoms with Gasteiger partial charge in [0.25, 0.3) is 5.91 Å². The monoisotopic (exact) mass is 404 g/mol. The van der Waals surface area contributed by atoms with Gasteiger partial charge < -0.3 is 10.2 Å². The predicted octanol–water partition coefficient (Wildman–Crippen LogP) is 4.22. The molecule has 1 aliphatic rings. The lowest BCUT2D eigenvalue weighted by Crippen LogP contribution is -2.41. The van der Waals surface area contributed by atoms with Crippen LogP contribution in [0.25, 0.3) is 0 Å². The number of halogens is 3. The Morgan fingerprint density at radius 1 is 1.14 bits per heavy atom. The lowest BCUT2D eigenvalue weighted by Gasteiger charge is -2.26. The van der Waals surface area contributed by atoms with Gasteiger partial charge in [0.15, 0.2) is 0 Å². The van der Waals surface area contributed by atoms with Crippen LogP contribution >= 0.6 is 0 Å². The van der Waals surface area contributed by atoms with E-state index in [-0.39, 0.29) is 30.7 Å². The molecule has 1 unspecified atom stereocenters. The molecule has 0 bridgehead atoms. The van der Waals surface area contributed by atoms with Crippen molar-refractivity contribution in [2.45, 2.75) is 32.5 Å². The second-order valence-electron chi connectivity index (χ2n) is 7.58. The summed E-state index contributed by atoms with van der Waals surface area (Å²) in [6, 6.07) is 11.4. The van der Waals surface area contributed by atoms with Gasteiger partial charge in [0.05, 0.1) is 5.56 Å². The third-order valence-corrected chi connectivity index (χ3v) is 4.84. The summed E-state index contributed by atoms with van der Waals surface area (Å²) in [5, 5.41) is 2.78. The first-order chi connectivity index (χ1) is 13.7. The SMILES string of the molecule is CC(C)CN1C(=O)c2ccccc2C1C(=O)NCCc1cccc(C(F)(F)F)c1. The van der Waals surface area contributed by atoms with E-state index in [4.69, 9.17) is 0 Å². The van der Waals surface area contributed by atoms with Crippen molar-refractivity contribution in [1.29, 1.82) is 0 Å². The smallest absolute Gasteiger partial charge is 0.354 e. The van der Waals surface area contributed by atoms with E-state index in [9.17, 15) is 22.8 Å². The molecule has 1 aliphatic heterocycles. The fourth-order valence-corrected chi connectivity index (χ4v) is 3.56. The molecule has 0 saturated carbocycles. The highest BCUT2D eigenvalue weighted by molar-refractivity contribution is 6.04. The lowest BCUT2D eigenvalue weighted by atomic mass is 10.0. The summed E-state index contributed by atoms with van der Waals surface area (Å²) in [5.41, 5.74) is 0.961. The van der Waals surface area contributed by atoms with Gasteiger partial charge in [-0.1, -0.05) is 50.2 Å². The Morgan fingerprint density at radius 2 is 1.86 bits per heavy atom. The fourth-order valence-electron chi connectivity index (χ4n) is 3.56. The highest BCUT2D eigenvalue weighted by atomic mass is 19.4. The number of nitrogens with one attached hydrogen (secondary N) is 1. The summed E-state index contributed by atoms with van der Waals surface area (Å²) < 4.78 is 38.5. The average molecular weight is 404 g/mol. The number of hydrogen-bond donors (Lipinski definition) is 1. The number of fused-ring (bicyclic) bond motifs is 1. The van der Waals surface area contributed by atoms with Crippen molar-refractivity contribution in [1.82, 2.24) is 10.2 Å². The molecule has 154 valence electrons. The minimum Gasteiger partial charge on any atom is -0.354 e. The number of rotatable bonds is 6. The Balaban J connectivity index is 1.70. The molecule has 0 fully saturated rings. The highest BCUT2D eigenvalue weighted by Crippen LogP contribution is 2.34. The number of alkyl halides is 3. The summed E-state index contributed by atoms with van der Waals surface area (Å²) in [6.07, 6.45) is -4.13. The largest absolute Gasteiger partial charge is 0.416 e. The van der Waals surface area contributed by atoms with Gasteiger partial charge in [0.2, 0.25) is 5.91 Å². The number of benzene rings is 2. The number of amides is 2. The van der Waals surface area contributed by atoms with Crippen LogP contribution in [0.4, 0.5) is 13.2 Å². The Kier molecular flexibility index (Phi) is 5.96. The zero-order chi connectivity index (χ0) is 21.2. The Hall–Kier alpha value is -2.83. The van der Waals surface area contributed by atoms with Crippen molar-refractivity contribution >= 4 is 11.8 Å². The summed E-state index contributed by atoms with van der Waals surface area (Å²) in [4.78, 5) is 27.2. The standard InChI is InChI=1S/C22H23F3N2O2/c1-14(2)13-27-19(17-8-3-4-9-18(17)21(27)29)20(28)26-11-10-15-6-5-7-16(12-15)22(23,24)25/h3-9,12,14,19H,10-11,13H2,1-2H3,(H,26,28). The molecule has 2 aromatic carbocycles. The van der Waals surface area contributed by atoms with Crippen LogP contribution in [0.1, 0.15) is 46.9 Å². The Morgan fingerprint density at radius 3 is 2.55 bits per heavy atom. The molecule has 0 aliphatic carbocycles. The maximum absolute atomic E-state index is 12.9. The van der Waals surface area contributed by atoms with E-state index in [1.807, 2.05) is 13.8 Å². The zero-order valence-corrected chi connectivity index (χ0v) is 16.3. The molecule has 2 amide bonds. The van der Waals surface area contributed by atoms with Crippen LogP contribution < -0.4 is 5.32 Å². The molecule has 1 N–H and O–H groups in total. The summed E-state index contributed by atoms with van der Waals surface area (Å²) in [7, 11) is 0.